The minimum atomic E-state index is -0.100. The van der Waals surface area contributed by atoms with Gasteiger partial charge in [0.25, 0.3) is 0 Å². The third kappa shape index (κ3) is 5.15. The van der Waals surface area contributed by atoms with Crippen LogP contribution in [0.3, 0.4) is 0 Å². The van der Waals surface area contributed by atoms with Crippen molar-refractivity contribution in [3.8, 4) is 0 Å². The molecule has 0 bridgehead atoms. The van der Waals surface area contributed by atoms with Crippen molar-refractivity contribution in [3.05, 3.63) is 0 Å². The molecule has 162 valence electrons. The molecule has 0 aromatic heterocycles. The lowest BCUT2D eigenvalue weighted by molar-refractivity contribution is -0.177. The maximum atomic E-state index is 12.0. The van der Waals surface area contributed by atoms with E-state index < -0.39 is 0 Å². The summed E-state index contributed by atoms with van der Waals surface area (Å²) < 4.78 is 10.7. The maximum Gasteiger partial charge on any atom is 0.234 e. The van der Waals surface area contributed by atoms with E-state index >= 15 is 0 Å². The summed E-state index contributed by atoms with van der Waals surface area (Å²) in [6.07, 6.45) is 0.973. The largest absolute Gasteiger partial charge is 0.383 e. The van der Waals surface area contributed by atoms with E-state index in [0.29, 0.717) is 25.7 Å². The Labute approximate surface area is 170 Å². The van der Waals surface area contributed by atoms with Crippen molar-refractivity contribution in [2.24, 2.45) is 10.4 Å². The SMILES string of the molecule is CCN=C(NC1CC(C)(OC)C1(C)C)N1CCN(CC(=O)NCCOC)CC1. The average Bonchev–Trinajstić information content (AvgIpc) is 2.67. The lowest BCUT2D eigenvalue weighted by Crippen LogP contribution is -2.70. The number of rotatable bonds is 8. The van der Waals surface area contributed by atoms with Gasteiger partial charge in [0, 0.05) is 64.9 Å². The van der Waals surface area contributed by atoms with Crippen molar-refractivity contribution in [1.82, 2.24) is 20.4 Å². The van der Waals surface area contributed by atoms with Gasteiger partial charge >= 0.3 is 0 Å². The van der Waals surface area contributed by atoms with Crippen LogP contribution >= 0.6 is 0 Å². The van der Waals surface area contributed by atoms with Crippen LogP contribution in [0.1, 0.15) is 34.1 Å². The highest BCUT2D eigenvalue weighted by atomic mass is 16.5. The Kier molecular flexibility index (Phi) is 8.09. The molecule has 8 nitrogen and oxygen atoms in total. The Morgan fingerprint density at radius 3 is 2.39 bits per heavy atom. The molecule has 1 heterocycles. The molecule has 1 saturated carbocycles. The molecule has 2 aliphatic rings. The molecule has 0 aromatic carbocycles. The van der Waals surface area contributed by atoms with Crippen LogP contribution in [0.15, 0.2) is 4.99 Å². The smallest absolute Gasteiger partial charge is 0.234 e. The summed E-state index contributed by atoms with van der Waals surface area (Å²) in [4.78, 5) is 21.2. The van der Waals surface area contributed by atoms with Gasteiger partial charge in [-0.1, -0.05) is 13.8 Å². The fourth-order valence-corrected chi connectivity index (χ4v) is 3.93. The molecule has 1 aliphatic carbocycles. The lowest BCUT2D eigenvalue weighted by atomic mass is 9.56. The molecular formula is C20H39N5O3. The summed E-state index contributed by atoms with van der Waals surface area (Å²) in [5, 5.41) is 6.56. The molecule has 2 fully saturated rings. The lowest BCUT2D eigenvalue weighted by Gasteiger charge is -2.59. The van der Waals surface area contributed by atoms with E-state index in [1.165, 1.54) is 0 Å². The predicted molar refractivity (Wildman–Crippen MR) is 112 cm³/mol. The normalized spacial score (nSPS) is 28.0. The molecule has 1 aliphatic heterocycles. The highest BCUT2D eigenvalue weighted by molar-refractivity contribution is 5.81. The fraction of sp³-hybridized carbons (Fsp3) is 0.900. The zero-order valence-corrected chi connectivity index (χ0v) is 18.5. The number of carbonyl (C=O) groups is 1. The predicted octanol–water partition coefficient (Wildman–Crippen LogP) is 0.536. The number of carbonyl (C=O) groups excluding carboxylic acids is 1. The number of hydrogen-bond acceptors (Lipinski definition) is 5. The van der Waals surface area contributed by atoms with E-state index in [1.807, 2.05) is 0 Å². The van der Waals surface area contributed by atoms with Gasteiger partial charge in [-0.15, -0.1) is 0 Å². The van der Waals surface area contributed by atoms with Crippen molar-refractivity contribution in [2.45, 2.75) is 45.8 Å². The van der Waals surface area contributed by atoms with Crippen LogP contribution in [0.4, 0.5) is 0 Å². The summed E-state index contributed by atoms with van der Waals surface area (Å²) in [7, 11) is 3.43. The van der Waals surface area contributed by atoms with Crippen LogP contribution in [-0.4, -0.2) is 99.9 Å². The van der Waals surface area contributed by atoms with Crippen LogP contribution in [0, 0.1) is 5.41 Å². The second-order valence-electron chi connectivity index (χ2n) is 8.46. The van der Waals surface area contributed by atoms with Crippen molar-refractivity contribution in [3.63, 3.8) is 0 Å². The van der Waals surface area contributed by atoms with Crippen molar-refractivity contribution >= 4 is 11.9 Å². The quantitative estimate of drug-likeness (QED) is 0.354. The molecule has 8 heteroatoms. The highest BCUT2D eigenvalue weighted by Gasteiger charge is 2.58. The third-order valence-electron chi connectivity index (χ3n) is 6.56. The summed E-state index contributed by atoms with van der Waals surface area (Å²) in [5.74, 6) is 1.03. The molecule has 1 saturated heterocycles. The van der Waals surface area contributed by atoms with Gasteiger partial charge in [0.1, 0.15) is 0 Å². The molecule has 1 amide bonds. The number of amides is 1. The molecule has 2 unspecified atom stereocenters. The van der Waals surface area contributed by atoms with Crippen molar-refractivity contribution in [2.75, 3.05) is 66.6 Å². The first kappa shape index (κ1) is 22.9. The standard InChI is InChI=1S/C20H39N5O3/c1-7-21-18(23-16-14-20(4,28-6)19(16,2)3)25-11-9-24(10-12-25)15-17(26)22-8-13-27-5/h16H,7-15H2,1-6H3,(H,21,23)(H,22,26). The second-order valence-corrected chi connectivity index (χ2v) is 8.46. The number of nitrogens with one attached hydrogen (secondary N) is 2. The van der Waals surface area contributed by atoms with E-state index in [2.05, 4.69) is 48.1 Å². The monoisotopic (exact) mass is 397 g/mol. The number of nitrogens with zero attached hydrogens (tertiary/aromatic N) is 3. The van der Waals surface area contributed by atoms with Gasteiger partial charge < -0.3 is 25.0 Å². The molecule has 2 N–H and O–H groups in total. The molecule has 2 rings (SSSR count). The van der Waals surface area contributed by atoms with Crippen LogP contribution in [0.5, 0.6) is 0 Å². The minimum Gasteiger partial charge on any atom is -0.383 e. The highest BCUT2D eigenvalue weighted by Crippen LogP contribution is 2.51. The Morgan fingerprint density at radius 2 is 1.86 bits per heavy atom. The van der Waals surface area contributed by atoms with E-state index in [9.17, 15) is 4.79 Å². The van der Waals surface area contributed by atoms with Crippen LogP contribution < -0.4 is 10.6 Å². The van der Waals surface area contributed by atoms with Gasteiger partial charge in [-0.3, -0.25) is 14.7 Å². The minimum absolute atomic E-state index is 0.0401. The van der Waals surface area contributed by atoms with Gasteiger partial charge in [0.15, 0.2) is 5.96 Å². The zero-order valence-electron chi connectivity index (χ0n) is 18.5. The van der Waals surface area contributed by atoms with E-state index in [1.54, 1.807) is 14.2 Å². The van der Waals surface area contributed by atoms with Crippen molar-refractivity contribution in [1.29, 1.82) is 0 Å². The first-order valence-electron chi connectivity index (χ1n) is 10.4. The number of piperazine rings is 1. The van der Waals surface area contributed by atoms with E-state index in [0.717, 1.165) is 45.1 Å². The topological polar surface area (TPSA) is 78.4 Å². The number of guanidine groups is 1. The average molecular weight is 398 g/mol. The summed E-state index contributed by atoms with van der Waals surface area (Å²) in [6, 6.07) is 0.340. The molecule has 2 atom stereocenters. The number of methoxy groups -OCH3 is 2. The van der Waals surface area contributed by atoms with Gasteiger partial charge in [0.2, 0.25) is 5.91 Å². The van der Waals surface area contributed by atoms with E-state index in [4.69, 9.17) is 14.5 Å². The number of aliphatic imine (C=N–C) groups is 1. The molecule has 0 spiro atoms. The van der Waals surface area contributed by atoms with Gasteiger partial charge in [-0.05, 0) is 20.3 Å². The van der Waals surface area contributed by atoms with Crippen LogP contribution in [-0.2, 0) is 14.3 Å². The van der Waals surface area contributed by atoms with Gasteiger partial charge in [0.05, 0.1) is 18.8 Å². The Hall–Kier alpha value is -1.38. The first-order chi connectivity index (χ1) is 13.3. The van der Waals surface area contributed by atoms with Crippen LogP contribution in [0.2, 0.25) is 0 Å². The summed E-state index contributed by atoms with van der Waals surface area (Å²) in [6.45, 7) is 14.5. The number of hydrogen-bond donors (Lipinski definition) is 2. The Bertz CT molecular complexity index is 546. The second kappa shape index (κ2) is 9.89. The third-order valence-corrected chi connectivity index (χ3v) is 6.56. The van der Waals surface area contributed by atoms with Crippen LogP contribution in [0.25, 0.3) is 0 Å². The molecule has 28 heavy (non-hydrogen) atoms. The summed E-state index contributed by atoms with van der Waals surface area (Å²) >= 11 is 0. The number of ether oxygens (including phenoxy) is 2. The maximum absolute atomic E-state index is 12.0. The van der Waals surface area contributed by atoms with E-state index in [-0.39, 0.29) is 16.9 Å². The molecule has 0 radical (unpaired) electrons. The molecular weight excluding hydrogens is 358 g/mol. The Balaban J connectivity index is 1.83. The summed E-state index contributed by atoms with van der Waals surface area (Å²) in [5.41, 5.74) is -0.0603. The first-order valence-corrected chi connectivity index (χ1v) is 10.4. The Morgan fingerprint density at radius 1 is 1.18 bits per heavy atom. The zero-order chi connectivity index (χ0) is 20.8. The molecule has 0 aromatic rings. The fourth-order valence-electron chi connectivity index (χ4n) is 3.93. The van der Waals surface area contributed by atoms with Gasteiger partial charge in [-0.2, -0.15) is 0 Å². The van der Waals surface area contributed by atoms with Gasteiger partial charge in [-0.25, -0.2) is 0 Å². The van der Waals surface area contributed by atoms with Crippen molar-refractivity contribution < 1.29 is 14.3 Å².